The summed E-state index contributed by atoms with van der Waals surface area (Å²) < 4.78 is 5.83. The fourth-order valence-electron chi connectivity index (χ4n) is 6.84. The van der Waals surface area contributed by atoms with Crippen LogP contribution in [-0.4, -0.2) is 11.2 Å². The topological polar surface area (TPSA) is 29.5 Å². The molecule has 1 unspecified atom stereocenters. The van der Waals surface area contributed by atoms with Gasteiger partial charge in [-0.1, -0.05) is 6.92 Å². The zero-order chi connectivity index (χ0) is 14.6. The van der Waals surface area contributed by atoms with Crippen LogP contribution in [0.4, 0.5) is 0 Å². The van der Waals surface area contributed by atoms with Crippen LogP contribution >= 0.6 is 0 Å². The van der Waals surface area contributed by atoms with Crippen molar-refractivity contribution in [3.05, 3.63) is 28.3 Å². The van der Waals surface area contributed by atoms with Crippen LogP contribution in [0.15, 0.2) is 6.07 Å². The maximum atomic E-state index is 10.5. The predicted octanol–water partition coefficient (Wildman–Crippen LogP) is 3.89. The van der Waals surface area contributed by atoms with E-state index in [0.717, 1.165) is 24.2 Å². The molecular weight excluding hydrogens is 272 g/mol. The van der Waals surface area contributed by atoms with Crippen LogP contribution < -0.4 is 4.74 Å². The van der Waals surface area contributed by atoms with Crippen LogP contribution in [0.2, 0.25) is 0 Å². The molecule has 22 heavy (non-hydrogen) atoms. The number of ether oxygens (including phenoxy) is 1. The third kappa shape index (κ3) is 1.22. The number of hydrogen-bond donors (Lipinski definition) is 1. The average Bonchev–Trinajstić information content (AvgIpc) is 2.77. The van der Waals surface area contributed by atoms with E-state index >= 15 is 0 Å². The lowest BCUT2D eigenvalue weighted by atomic mass is 9.54. The van der Waals surface area contributed by atoms with Gasteiger partial charge in [0, 0.05) is 12.0 Å². The fourth-order valence-corrected chi connectivity index (χ4v) is 6.84. The molecule has 0 bridgehead atoms. The van der Waals surface area contributed by atoms with Gasteiger partial charge in [-0.25, -0.2) is 0 Å². The van der Waals surface area contributed by atoms with Crippen LogP contribution in [0, 0.1) is 17.3 Å². The Bertz CT molecular complexity index is 693. The normalized spacial score (nSPS) is 46.4. The SMILES string of the molecule is C[C@]12CC[C@@H]3c4c(cc5c6c4CC6O5)CC[C@H]3[C@@H]1CC[C@H]2O. The largest absolute Gasteiger partial charge is 0.485 e. The molecule has 0 spiro atoms. The van der Waals surface area contributed by atoms with Crippen LogP contribution in [0.25, 0.3) is 0 Å². The molecule has 0 saturated heterocycles. The number of rotatable bonds is 0. The van der Waals surface area contributed by atoms with E-state index < -0.39 is 0 Å². The van der Waals surface area contributed by atoms with Gasteiger partial charge in [0.25, 0.3) is 0 Å². The molecular formula is C20H24O2. The minimum absolute atomic E-state index is 0.0539. The van der Waals surface area contributed by atoms with Crippen molar-refractivity contribution in [1.82, 2.24) is 0 Å². The lowest BCUT2D eigenvalue weighted by Gasteiger charge is -2.53. The average molecular weight is 296 g/mol. The standard InChI is InChI=1S/C20H24O2/c1-20-7-6-12-11(14(20)4-5-17(20)21)3-2-10-8-15-19-13(18(10)12)9-16(19)22-15/h8,11-12,14,16-17,21H,2-7,9H2,1H3/t11-,12+,14+,16?,17-,20+/m1/s1. The number of aryl methyl sites for hydroxylation is 1. The summed E-state index contributed by atoms with van der Waals surface area (Å²) in [6.07, 6.45) is 8.90. The Balaban J connectivity index is 1.46. The molecule has 6 rings (SSSR count). The van der Waals surface area contributed by atoms with Gasteiger partial charge in [-0.15, -0.1) is 0 Å². The van der Waals surface area contributed by atoms with Crippen LogP contribution in [0.3, 0.4) is 0 Å². The molecule has 2 fully saturated rings. The van der Waals surface area contributed by atoms with Gasteiger partial charge in [-0.2, -0.15) is 0 Å². The zero-order valence-corrected chi connectivity index (χ0v) is 13.3. The van der Waals surface area contributed by atoms with E-state index in [1.165, 1.54) is 44.3 Å². The van der Waals surface area contributed by atoms with E-state index in [4.69, 9.17) is 4.74 Å². The first kappa shape index (κ1) is 12.4. The second-order valence-electron chi connectivity index (χ2n) is 8.70. The van der Waals surface area contributed by atoms with Gasteiger partial charge in [0.1, 0.15) is 11.9 Å². The molecule has 1 heterocycles. The van der Waals surface area contributed by atoms with Gasteiger partial charge in [-0.05, 0) is 84.5 Å². The molecule has 5 aliphatic rings. The van der Waals surface area contributed by atoms with Crippen molar-refractivity contribution in [3.63, 3.8) is 0 Å². The Labute approximate surface area is 131 Å². The summed E-state index contributed by atoms with van der Waals surface area (Å²) in [7, 11) is 0. The van der Waals surface area contributed by atoms with Gasteiger partial charge >= 0.3 is 0 Å². The highest BCUT2D eigenvalue weighted by Gasteiger charge is 2.56. The van der Waals surface area contributed by atoms with E-state index in [1.54, 1.807) is 22.3 Å². The Morgan fingerprint density at radius 3 is 2.95 bits per heavy atom. The van der Waals surface area contributed by atoms with Crippen LogP contribution in [0.1, 0.15) is 73.3 Å². The molecule has 2 heteroatoms. The second-order valence-corrected chi connectivity index (χ2v) is 8.70. The molecule has 0 amide bonds. The second kappa shape index (κ2) is 3.72. The fraction of sp³-hybridized carbons (Fsp3) is 0.700. The number of fused-ring (bicyclic) bond motifs is 6. The van der Waals surface area contributed by atoms with E-state index in [0.29, 0.717) is 6.10 Å². The van der Waals surface area contributed by atoms with Gasteiger partial charge in [-0.3, -0.25) is 0 Å². The monoisotopic (exact) mass is 296 g/mol. The first-order chi connectivity index (χ1) is 10.7. The Hall–Kier alpha value is -1.02. The van der Waals surface area contributed by atoms with Crippen molar-refractivity contribution in [3.8, 4) is 5.75 Å². The minimum atomic E-state index is -0.0539. The third-order valence-corrected chi connectivity index (χ3v) is 8.05. The third-order valence-electron chi connectivity index (χ3n) is 8.05. The molecule has 1 aliphatic heterocycles. The molecule has 2 nitrogen and oxygen atoms in total. The number of aliphatic hydroxyl groups excluding tert-OH is 1. The van der Waals surface area contributed by atoms with Crippen molar-refractivity contribution in [1.29, 1.82) is 0 Å². The lowest BCUT2D eigenvalue weighted by Crippen LogP contribution is -2.45. The molecule has 0 aromatic heterocycles. The number of benzene rings is 1. The molecule has 2 saturated carbocycles. The molecule has 116 valence electrons. The van der Waals surface area contributed by atoms with E-state index in [-0.39, 0.29) is 11.5 Å². The molecule has 4 aliphatic carbocycles. The van der Waals surface area contributed by atoms with Crippen molar-refractivity contribution >= 4 is 0 Å². The highest BCUT2D eigenvalue weighted by Crippen LogP contribution is 2.64. The zero-order valence-electron chi connectivity index (χ0n) is 13.3. The van der Waals surface area contributed by atoms with Crippen molar-refractivity contribution < 1.29 is 9.84 Å². The van der Waals surface area contributed by atoms with Gasteiger partial charge in [0.05, 0.1) is 6.10 Å². The lowest BCUT2D eigenvalue weighted by molar-refractivity contribution is -0.0233. The summed E-state index contributed by atoms with van der Waals surface area (Å²) in [6, 6.07) is 2.36. The molecule has 1 aromatic carbocycles. The summed E-state index contributed by atoms with van der Waals surface area (Å²) in [5, 5.41) is 10.5. The molecule has 6 atom stereocenters. The van der Waals surface area contributed by atoms with Crippen LogP contribution in [-0.2, 0) is 12.8 Å². The van der Waals surface area contributed by atoms with Crippen molar-refractivity contribution in [2.75, 3.05) is 0 Å². The predicted molar refractivity (Wildman–Crippen MR) is 84.1 cm³/mol. The summed E-state index contributed by atoms with van der Waals surface area (Å²) in [5.41, 5.74) is 6.75. The van der Waals surface area contributed by atoms with Gasteiger partial charge in [0.2, 0.25) is 0 Å². The van der Waals surface area contributed by atoms with Gasteiger partial charge < -0.3 is 9.84 Å². The Kier molecular flexibility index (Phi) is 2.10. The number of hydrogen-bond acceptors (Lipinski definition) is 2. The van der Waals surface area contributed by atoms with E-state index in [1.807, 2.05) is 0 Å². The summed E-state index contributed by atoms with van der Waals surface area (Å²) >= 11 is 0. The Morgan fingerprint density at radius 2 is 2.09 bits per heavy atom. The highest BCUT2D eigenvalue weighted by atomic mass is 16.5. The minimum Gasteiger partial charge on any atom is -0.485 e. The summed E-state index contributed by atoms with van der Waals surface area (Å²) in [6.45, 7) is 2.37. The first-order valence-corrected chi connectivity index (χ1v) is 9.20. The molecule has 1 N–H and O–H groups in total. The molecule has 1 aromatic rings. The number of aliphatic hydroxyl groups is 1. The maximum absolute atomic E-state index is 10.5. The highest BCUT2D eigenvalue weighted by molar-refractivity contribution is 5.62. The van der Waals surface area contributed by atoms with Gasteiger partial charge in [0.15, 0.2) is 0 Å². The van der Waals surface area contributed by atoms with E-state index in [2.05, 4.69) is 13.0 Å². The first-order valence-electron chi connectivity index (χ1n) is 9.20. The molecule has 0 radical (unpaired) electrons. The van der Waals surface area contributed by atoms with Crippen molar-refractivity contribution in [2.45, 2.75) is 70.0 Å². The maximum Gasteiger partial charge on any atom is 0.132 e. The van der Waals surface area contributed by atoms with E-state index in [9.17, 15) is 5.11 Å². The summed E-state index contributed by atoms with van der Waals surface area (Å²) in [4.78, 5) is 0. The Morgan fingerprint density at radius 1 is 1.18 bits per heavy atom. The summed E-state index contributed by atoms with van der Waals surface area (Å²) in [5.74, 6) is 3.53. The smallest absolute Gasteiger partial charge is 0.132 e. The quantitative estimate of drug-likeness (QED) is 0.787. The van der Waals surface area contributed by atoms with Crippen molar-refractivity contribution in [2.24, 2.45) is 17.3 Å². The van der Waals surface area contributed by atoms with Crippen LogP contribution in [0.5, 0.6) is 5.75 Å².